The SMILES string of the molecule is CC(CCCc1ccccc1C1CCCC1)S(=O)(=O)O. The molecule has 1 atom stereocenters. The summed E-state index contributed by atoms with van der Waals surface area (Å²) in [6.07, 6.45) is 7.39. The van der Waals surface area contributed by atoms with Crippen LogP contribution in [0.5, 0.6) is 0 Å². The predicted molar refractivity (Wildman–Crippen MR) is 81.6 cm³/mol. The molecule has 0 radical (unpaired) electrons. The van der Waals surface area contributed by atoms with Gasteiger partial charge in [0, 0.05) is 0 Å². The third-order valence-electron chi connectivity index (χ3n) is 4.42. The van der Waals surface area contributed by atoms with Gasteiger partial charge < -0.3 is 0 Å². The molecule has 0 amide bonds. The maximum atomic E-state index is 11.0. The van der Waals surface area contributed by atoms with E-state index in [0.717, 1.165) is 12.8 Å². The highest BCUT2D eigenvalue weighted by molar-refractivity contribution is 7.86. The molecule has 1 aromatic carbocycles. The largest absolute Gasteiger partial charge is 0.285 e. The molecule has 1 unspecified atom stereocenters. The van der Waals surface area contributed by atoms with Crippen molar-refractivity contribution in [3.8, 4) is 0 Å². The quantitative estimate of drug-likeness (QED) is 0.809. The van der Waals surface area contributed by atoms with Gasteiger partial charge in [-0.2, -0.15) is 8.42 Å². The maximum Gasteiger partial charge on any atom is 0.267 e. The smallest absolute Gasteiger partial charge is 0.267 e. The molecule has 0 aromatic heterocycles. The molecule has 1 N–H and O–H groups in total. The summed E-state index contributed by atoms with van der Waals surface area (Å²) in [7, 11) is -3.88. The molecule has 0 bridgehead atoms. The molecule has 1 aliphatic rings. The lowest BCUT2D eigenvalue weighted by atomic mass is 9.90. The Morgan fingerprint density at radius 2 is 1.90 bits per heavy atom. The summed E-state index contributed by atoms with van der Waals surface area (Å²) in [4.78, 5) is 0. The summed E-state index contributed by atoms with van der Waals surface area (Å²) in [6.45, 7) is 1.57. The van der Waals surface area contributed by atoms with Gasteiger partial charge in [0.2, 0.25) is 0 Å². The van der Waals surface area contributed by atoms with E-state index in [1.54, 1.807) is 6.92 Å². The number of hydrogen-bond donors (Lipinski definition) is 1. The Kier molecular flexibility index (Phi) is 5.22. The second-order valence-corrected chi connectivity index (χ2v) is 7.73. The second-order valence-electron chi connectivity index (χ2n) is 5.90. The molecular weight excluding hydrogens is 272 g/mol. The molecule has 20 heavy (non-hydrogen) atoms. The van der Waals surface area contributed by atoms with Crippen LogP contribution in [0, 0.1) is 0 Å². The molecule has 0 aliphatic heterocycles. The zero-order chi connectivity index (χ0) is 14.6. The number of aryl methyl sites for hydroxylation is 1. The fourth-order valence-corrected chi connectivity index (χ4v) is 3.59. The van der Waals surface area contributed by atoms with E-state index in [1.165, 1.54) is 36.8 Å². The van der Waals surface area contributed by atoms with E-state index in [0.29, 0.717) is 12.3 Å². The van der Waals surface area contributed by atoms with Crippen LogP contribution >= 0.6 is 0 Å². The Bertz CT molecular complexity index is 530. The molecule has 1 aliphatic carbocycles. The minimum absolute atomic E-state index is 0.512. The summed E-state index contributed by atoms with van der Waals surface area (Å²) >= 11 is 0. The summed E-state index contributed by atoms with van der Waals surface area (Å²) in [5, 5.41) is -0.666. The summed E-state index contributed by atoms with van der Waals surface area (Å²) in [5.74, 6) is 0.685. The average Bonchev–Trinajstić information content (AvgIpc) is 2.92. The van der Waals surface area contributed by atoms with Crippen LogP contribution < -0.4 is 0 Å². The normalized spacial score (nSPS) is 18.3. The summed E-state index contributed by atoms with van der Waals surface area (Å²) in [6, 6.07) is 8.53. The first kappa shape index (κ1) is 15.5. The minimum atomic E-state index is -3.88. The molecular formula is C16H24O3S. The standard InChI is InChI=1S/C16H24O3S/c1-13(20(17,18)19)7-6-11-15-10-4-5-12-16(15)14-8-2-3-9-14/h4-5,10,12-14H,2-3,6-9,11H2,1H3,(H,17,18,19). The van der Waals surface area contributed by atoms with Crippen molar-refractivity contribution >= 4 is 10.1 Å². The van der Waals surface area contributed by atoms with E-state index >= 15 is 0 Å². The van der Waals surface area contributed by atoms with Crippen molar-refractivity contribution in [2.24, 2.45) is 0 Å². The van der Waals surface area contributed by atoms with Crippen LogP contribution in [0.1, 0.15) is 62.5 Å². The third kappa shape index (κ3) is 4.06. The van der Waals surface area contributed by atoms with Gasteiger partial charge in [-0.1, -0.05) is 37.1 Å². The number of rotatable bonds is 6. The molecule has 0 spiro atoms. The van der Waals surface area contributed by atoms with Gasteiger partial charge in [0.05, 0.1) is 5.25 Å². The van der Waals surface area contributed by atoms with Gasteiger partial charge in [-0.15, -0.1) is 0 Å². The predicted octanol–water partition coefficient (Wildman–Crippen LogP) is 3.94. The Labute approximate surface area is 122 Å². The lowest BCUT2D eigenvalue weighted by molar-refractivity contribution is 0.464. The molecule has 1 fully saturated rings. The van der Waals surface area contributed by atoms with Gasteiger partial charge in [-0.25, -0.2) is 0 Å². The van der Waals surface area contributed by atoms with Crippen LogP contribution in [0.3, 0.4) is 0 Å². The molecule has 1 aromatic rings. The Balaban J connectivity index is 1.96. The fraction of sp³-hybridized carbons (Fsp3) is 0.625. The van der Waals surface area contributed by atoms with Gasteiger partial charge in [0.1, 0.15) is 0 Å². The number of benzene rings is 1. The molecule has 0 heterocycles. The first-order chi connectivity index (χ1) is 9.48. The van der Waals surface area contributed by atoms with Crippen LogP contribution in [-0.2, 0) is 16.5 Å². The van der Waals surface area contributed by atoms with Crippen molar-refractivity contribution < 1.29 is 13.0 Å². The van der Waals surface area contributed by atoms with Crippen LogP contribution in [-0.4, -0.2) is 18.2 Å². The van der Waals surface area contributed by atoms with Crippen molar-refractivity contribution in [3.05, 3.63) is 35.4 Å². The zero-order valence-electron chi connectivity index (χ0n) is 12.1. The van der Waals surface area contributed by atoms with Gasteiger partial charge in [-0.05, 0) is 56.1 Å². The highest BCUT2D eigenvalue weighted by atomic mass is 32.2. The lowest BCUT2D eigenvalue weighted by Gasteiger charge is -2.15. The minimum Gasteiger partial charge on any atom is -0.285 e. The van der Waals surface area contributed by atoms with E-state index in [-0.39, 0.29) is 0 Å². The topological polar surface area (TPSA) is 54.4 Å². The van der Waals surface area contributed by atoms with Crippen LogP contribution in [0.2, 0.25) is 0 Å². The molecule has 4 heteroatoms. The van der Waals surface area contributed by atoms with Gasteiger partial charge in [0.25, 0.3) is 10.1 Å². The second kappa shape index (κ2) is 6.72. The van der Waals surface area contributed by atoms with Crippen molar-refractivity contribution in [1.82, 2.24) is 0 Å². The van der Waals surface area contributed by atoms with E-state index in [9.17, 15) is 8.42 Å². The highest BCUT2D eigenvalue weighted by Crippen LogP contribution is 2.36. The Morgan fingerprint density at radius 1 is 1.25 bits per heavy atom. The van der Waals surface area contributed by atoms with Gasteiger partial charge in [0.15, 0.2) is 0 Å². The third-order valence-corrected chi connectivity index (χ3v) is 5.67. The molecule has 1 saturated carbocycles. The highest BCUT2D eigenvalue weighted by Gasteiger charge is 2.20. The number of hydrogen-bond acceptors (Lipinski definition) is 2. The maximum absolute atomic E-state index is 11.0. The van der Waals surface area contributed by atoms with E-state index < -0.39 is 15.4 Å². The Morgan fingerprint density at radius 3 is 2.55 bits per heavy atom. The monoisotopic (exact) mass is 296 g/mol. The van der Waals surface area contributed by atoms with Crippen LogP contribution in [0.25, 0.3) is 0 Å². The Hall–Kier alpha value is -0.870. The molecule has 2 rings (SSSR count). The summed E-state index contributed by atoms with van der Waals surface area (Å²) in [5.41, 5.74) is 2.80. The van der Waals surface area contributed by atoms with E-state index in [1.807, 2.05) is 0 Å². The van der Waals surface area contributed by atoms with Crippen LogP contribution in [0.4, 0.5) is 0 Å². The first-order valence-corrected chi connectivity index (χ1v) is 9.03. The van der Waals surface area contributed by atoms with Crippen molar-refractivity contribution in [2.75, 3.05) is 0 Å². The van der Waals surface area contributed by atoms with E-state index in [2.05, 4.69) is 24.3 Å². The van der Waals surface area contributed by atoms with Crippen molar-refractivity contribution in [2.45, 2.75) is 63.0 Å². The molecule has 0 saturated heterocycles. The van der Waals surface area contributed by atoms with E-state index in [4.69, 9.17) is 4.55 Å². The zero-order valence-corrected chi connectivity index (χ0v) is 12.9. The van der Waals surface area contributed by atoms with Gasteiger partial charge in [-0.3, -0.25) is 4.55 Å². The average molecular weight is 296 g/mol. The molecule has 112 valence electrons. The van der Waals surface area contributed by atoms with Gasteiger partial charge >= 0.3 is 0 Å². The lowest BCUT2D eigenvalue weighted by Crippen LogP contribution is -2.16. The summed E-state index contributed by atoms with van der Waals surface area (Å²) < 4.78 is 31.0. The van der Waals surface area contributed by atoms with Crippen LogP contribution in [0.15, 0.2) is 24.3 Å². The fourth-order valence-electron chi connectivity index (χ4n) is 3.13. The van der Waals surface area contributed by atoms with Crippen molar-refractivity contribution in [1.29, 1.82) is 0 Å². The van der Waals surface area contributed by atoms with Crippen molar-refractivity contribution in [3.63, 3.8) is 0 Å². The first-order valence-electron chi connectivity index (χ1n) is 7.52. The molecule has 3 nitrogen and oxygen atoms in total.